The molecule has 0 heterocycles. The van der Waals surface area contributed by atoms with E-state index in [9.17, 15) is 18.0 Å². The Morgan fingerprint density at radius 1 is 1.44 bits per heavy atom. The molecule has 0 N–H and O–H groups in total. The Morgan fingerprint density at radius 2 is 2.06 bits per heavy atom. The number of halogens is 4. The van der Waals surface area contributed by atoms with Crippen LogP contribution in [0.1, 0.15) is 17.3 Å². The first-order valence-electron chi connectivity index (χ1n) is 4.34. The molecule has 0 aliphatic heterocycles. The maximum atomic E-state index is 12.0. The molecule has 1 atom stereocenters. The molecule has 0 saturated heterocycles. The first kappa shape index (κ1) is 13.4. The number of ketones is 1. The smallest absolute Gasteiger partial charge is 0.293 e. The zero-order chi connectivity index (χ0) is 12.3. The molecule has 0 saturated carbocycles. The Hall–Kier alpha value is -0.680. The Balaban J connectivity index is 2.78. The maximum absolute atomic E-state index is 12.0. The number of Topliss-reactive ketones (excluding diaryl/α,β-unsaturated/α-hetero) is 1. The highest BCUT2D eigenvalue weighted by atomic mass is 35.5. The van der Waals surface area contributed by atoms with Crippen LogP contribution in [0.4, 0.5) is 13.2 Å². The molecule has 16 heavy (non-hydrogen) atoms. The van der Waals surface area contributed by atoms with E-state index >= 15 is 0 Å². The number of carbonyl (C=O) groups excluding carboxylic acids is 1. The van der Waals surface area contributed by atoms with Gasteiger partial charge in [-0.05, 0) is 30.8 Å². The van der Waals surface area contributed by atoms with Crippen LogP contribution in [0.25, 0.3) is 0 Å². The fourth-order valence-corrected chi connectivity index (χ4v) is 1.96. The lowest BCUT2D eigenvalue weighted by molar-refractivity contribution is -0.0332. The molecule has 0 aromatic heterocycles. The molecule has 0 radical (unpaired) electrons. The van der Waals surface area contributed by atoms with E-state index < -0.39 is 16.5 Å². The molecule has 0 bridgehead atoms. The Bertz CT molecular complexity index is 392. The van der Waals surface area contributed by atoms with Crippen LogP contribution in [0.15, 0.2) is 24.3 Å². The second-order valence-corrected chi connectivity index (χ2v) is 4.92. The summed E-state index contributed by atoms with van der Waals surface area (Å²) in [4.78, 5) is 11.6. The van der Waals surface area contributed by atoms with E-state index in [1.54, 1.807) is 6.07 Å². The van der Waals surface area contributed by atoms with Gasteiger partial charge < -0.3 is 0 Å². The van der Waals surface area contributed by atoms with E-state index in [4.69, 9.17) is 11.6 Å². The van der Waals surface area contributed by atoms with E-state index in [0.29, 0.717) is 5.02 Å². The zero-order valence-corrected chi connectivity index (χ0v) is 9.79. The Labute approximate surface area is 100.0 Å². The quantitative estimate of drug-likeness (QED) is 0.766. The number of carbonyl (C=O) groups is 1. The first-order valence-corrected chi connectivity index (χ1v) is 5.59. The van der Waals surface area contributed by atoms with Gasteiger partial charge in [0.25, 0.3) is 0 Å². The van der Waals surface area contributed by atoms with Gasteiger partial charge >= 0.3 is 5.51 Å². The molecule has 1 rings (SSSR count). The minimum atomic E-state index is -4.41. The fraction of sp³-hybridized carbons (Fsp3) is 0.300. The highest BCUT2D eigenvalue weighted by molar-refractivity contribution is 8.01. The zero-order valence-electron chi connectivity index (χ0n) is 8.22. The number of alkyl halides is 3. The predicted molar refractivity (Wildman–Crippen MR) is 58.9 cm³/mol. The topological polar surface area (TPSA) is 17.1 Å². The van der Waals surface area contributed by atoms with Crippen molar-refractivity contribution in [3.63, 3.8) is 0 Å². The lowest BCUT2D eigenvalue weighted by atomic mass is 10.1. The number of rotatable bonds is 3. The van der Waals surface area contributed by atoms with Crippen LogP contribution in [0.3, 0.4) is 0 Å². The summed E-state index contributed by atoms with van der Waals surface area (Å²) in [5.41, 5.74) is -4.22. The van der Waals surface area contributed by atoms with Crippen LogP contribution < -0.4 is 0 Å². The number of hydrogen-bond donors (Lipinski definition) is 0. The third kappa shape index (κ3) is 4.06. The SMILES string of the molecule is C[C@@H](SC(F)(F)F)C(=O)c1cccc(Cl)c1. The van der Waals surface area contributed by atoms with Crippen molar-refractivity contribution in [2.75, 3.05) is 0 Å². The van der Waals surface area contributed by atoms with Gasteiger partial charge in [-0.25, -0.2) is 0 Å². The number of hydrogen-bond acceptors (Lipinski definition) is 2. The van der Waals surface area contributed by atoms with E-state index in [1.165, 1.54) is 25.1 Å². The third-order valence-corrected chi connectivity index (χ3v) is 2.86. The van der Waals surface area contributed by atoms with Gasteiger partial charge in [0.1, 0.15) is 0 Å². The minimum absolute atomic E-state index is 0.191. The summed E-state index contributed by atoms with van der Waals surface area (Å²) < 4.78 is 36.1. The van der Waals surface area contributed by atoms with Crippen LogP contribution in [0.2, 0.25) is 5.02 Å². The van der Waals surface area contributed by atoms with Crippen molar-refractivity contribution in [3.05, 3.63) is 34.9 Å². The highest BCUT2D eigenvalue weighted by Gasteiger charge is 2.34. The van der Waals surface area contributed by atoms with Crippen molar-refractivity contribution in [2.45, 2.75) is 17.7 Å². The Kier molecular flexibility index (Phi) is 4.27. The standard InChI is InChI=1S/C10H8ClF3OS/c1-6(16-10(12,13)14)9(15)7-3-2-4-8(11)5-7/h2-6H,1H3/t6-/m1/s1. The van der Waals surface area contributed by atoms with E-state index in [0.717, 1.165) is 0 Å². The number of thioether (sulfide) groups is 1. The van der Waals surface area contributed by atoms with Crippen LogP contribution in [0.5, 0.6) is 0 Å². The maximum Gasteiger partial charge on any atom is 0.442 e. The average molecular weight is 269 g/mol. The molecule has 88 valence electrons. The monoisotopic (exact) mass is 268 g/mol. The van der Waals surface area contributed by atoms with E-state index in [1.807, 2.05) is 0 Å². The fourth-order valence-electron chi connectivity index (χ4n) is 1.13. The van der Waals surface area contributed by atoms with Crippen molar-refractivity contribution >= 4 is 29.1 Å². The van der Waals surface area contributed by atoms with Gasteiger partial charge in [-0.3, -0.25) is 4.79 Å². The van der Waals surface area contributed by atoms with Crippen molar-refractivity contribution in [1.29, 1.82) is 0 Å². The highest BCUT2D eigenvalue weighted by Crippen LogP contribution is 2.35. The van der Waals surface area contributed by atoms with Gasteiger partial charge in [0.2, 0.25) is 0 Å². The largest absolute Gasteiger partial charge is 0.442 e. The molecule has 1 aromatic rings. The Morgan fingerprint density at radius 3 is 2.56 bits per heavy atom. The lowest BCUT2D eigenvalue weighted by Crippen LogP contribution is -2.18. The summed E-state index contributed by atoms with van der Waals surface area (Å²) in [7, 11) is 0. The van der Waals surface area contributed by atoms with Gasteiger partial charge in [-0.2, -0.15) is 13.2 Å². The first-order chi connectivity index (χ1) is 7.29. The second-order valence-electron chi connectivity index (χ2n) is 3.08. The van der Waals surface area contributed by atoms with Crippen molar-refractivity contribution < 1.29 is 18.0 Å². The molecular formula is C10H8ClF3OS. The molecule has 6 heteroatoms. The second kappa shape index (κ2) is 5.10. The summed E-state index contributed by atoms with van der Waals surface area (Å²) in [5.74, 6) is -0.579. The van der Waals surface area contributed by atoms with Gasteiger partial charge in [0.15, 0.2) is 5.78 Å². The third-order valence-electron chi connectivity index (χ3n) is 1.79. The average Bonchev–Trinajstić information content (AvgIpc) is 2.14. The predicted octanol–water partition coefficient (Wildman–Crippen LogP) is 4.16. The molecule has 0 fully saturated rings. The normalized spacial score (nSPS) is 13.6. The summed E-state index contributed by atoms with van der Waals surface area (Å²) in [6.07, 6.45) is 0. The summed E-state index contributed by atoms with van der Waals surface area (Å²) >= 11 is 5.32. The molecule has 0 aliphatic rings. The molecule has 0 amide bonds. The molecule has 0 unspecified atom stereocenters. The van der Waals surface area contributed by atoms with Gasteiger partial charge in [0.05, 0.1) is 5.25 Å². The van der Waals surface area contributed by atoms with Crippen LogP contribution in [0, 0.1) is 0 Å². The van der Waals surface area contributed by atoms with Crippen molar-refractivity contribution in [3.8, 4) is 0 Å². The van der Waals surface area contributed by atoms with E-state index in [-0.39, 0.29) is 17.3 Å². The summed E-state index contributed by atoms with van der Waals surface area (Å²) in [6.45, 7) is 1.22. The molecule has 0 aliphatic carbocycles. The molecule has 0 spiro atoms. The number of benzene rings is 1. The van der Waals surface area contributed by atoms with Gasteiger partial charge in [-0.1, -0.05) is 23.7 Å². The summed E-state index contributed by atoms with van der Waals surface area (Å²) in [5, 5.41) is -0.839. The molecular weight excluding hydrogens is 261 g/mol. The minimum Gasteiger partial charge on any atom is -0.293 e. The molecule has 1 aromatic carbocycles. The van der Waals surface area contributed by atoms with Crippen LogP contribution in [-0.2, 0) is 0 Å². The van der Waals surface area contributed by atoms with Crippen molar-refractivity contribution in [1.82, 2.24) is 0 Å². The lowest BCUT2D eigenvalue weighted by Gasteiger charge is -2.12. The van der Waals surface area contributed by atoms with E-state index in [2.05, 4.69) is 0 Å². The molecule has 1 nitrogen and oxygen atoms in total. The summed E-state index contributed by atoms with van der Waals surface area (Å²) in [6, 6.07) is 5.89. The van der Waals surface area contributed by atoms with Crippen LogP contribution in [-0.4, -0.2) is 16.5 Å². The van der Waals surface area contributed by atoms with Crippen LogP contribution >= 0.6 is 23.4 Å². The van der Waals surface area contributed by atoms with Crippen molar-refractivity contribution in [2.24, 2.45) is 0 Å². The van der Waals surface area contributed by atoms with Gasteiger partial charge in [-0.15, -0.1) is 0 Å². The van der Waals surface area contributed by atoms with Gasteiger partial charge in [0, 0.05) is 10.6 Å².